The van der Waals surface area contributed by atoms with Crippen LogP contribution < -0.4 is 10.2 Å². The number of rotatable bonds is 7. The summed E-state index contributed by atoms with van der Waals surface area (Å²) < 4.78 is 19.2. The lowest BCUT2D eigenvalue weighted by atomic mass is 9.96. The number of aliphatic hydroxyl groups is 2. The molecule has 1 aromatic carbocycles. The smallest absolute Gasteiger partial charge is 0.309 e. The number of anilines is 2. The zero-order chi connectivity index (χ0) is 17.5. The molecule has 0 bridgehead atoms. The number of nitrogens with one attached hydrogen (secondary N) is 1. The highest BCUT2D eigenvalue weighted by molar-refractivity contribution is 5.74. The molecule has 0 amide bonds. The summed E-state index contributed by atoms with van der Waals surface area (Å²) in [6, 6.07) is 4.79. The van der Waals surface area contributed by atoms with Crippen LogP contribution in [0, 0.1) is 11.7 Å². The van der Waals surface area contributed by atoms with Crippen molar-refractivity contribution in [3.8, 4) is 0 Å². The lowest BCUT2D eigenvalue weighted by molar-refractivity contribution is -0.148. The van der Waals surface area contributed by atoms with E-state index >= 15 is 0 Å². The molecule has 1 saturated heterocycles. The second kappa shape index (κ2) is 8.84. The van der Waals surface area contributed by atoms with E-state index in [1.54, 1.807) is 19.1 Å². The molecule has 2 rings (SSSR count). The van der Waals surface area contributed by atoms with Gasteiger partial charge in [0.2, 0.25) is 0 Å². The number of para-hydroxylation sites is 1. The maximum Gasteiger partial charge on any atom is 0.309 e. The first-order valence-corrected chi connectivity index (χ1v) is 8.29. The van der Waals surface area contributed by atoms with Crippen molar-refractivity contribution in [2.24, 2.45) is 5.92 Å². The van der Waals surface area contributed by atoms with Crippen molar-refractivity contribution in [1.29, 1.82) is 0 Å². The van der Waals surface area contributed by atoms with Gasteiger partial charge in [-0.05, 0) is 31.9 Å². The molecule has 1 aliphatic rings. The lowest BCUT2D eigenvalue weighted by Gasteiger charge is -2.34. The quantitative estimate of drug-likeness (QED) is 0.651. The van der Waals surface area contributed by atoms with E-state index in [0.717, 1.165) is 0 Å². The summed E-state index contributed by atoms with van der Waals surface area (Å²) in [6.45, 7) is 3.10. The maximum absolute atomic E-state index is 14.2. The summed E-state index contributed by atoms with van der Waals surface area (Å²) in [4.78, 5) is 13.8. The third-order valence-corrected chi connectivity index (χ3v) is 4.17. The number of aliphatic hydroxyl groups excluding tert-OH is 2. The van der Waals surface area contributed by atoms with Gasteiger partial charge >= 0.3 is 5.97 Å². The van der Waals surface area contributed by atoms with Gasteiger partial charge in [0.1, 0.15) is 5.82 Å². The molecule has 1 aromatic rings. The molecule has 24 heavy (non-hydrogen) atoms. The number of carbonyl (C=O) groups is 1. The highest BCUT2D eigenvalue weighted by Crippen LogP contribution is 2.32. The Morgan fingerprint density at radius 3 is 2.79 bits per heavy atom. The van der Waals surface area contributed by atoms with Crippen molar-refractivity contribution in [2.75, 3.05) is 43.1 Å². The van der Waals surface area contributed by atoms with Gasteiger partial charge in [0.05, 0.1) is 36.6 Å². The van der Waals surface area contributed by atoms with E-state index in [2.05, 4.69) is 5.32 Å². The number of piperidine rings is 1. The van der Waals surface area contributed by atoms with Crippen LogP contribution in [0.15, 0.2) is 18.2 Å². The molecule has 0 aliphatic carbocycles. The second-order valence-electron chi connectivity index (χ2n) is 5.86. The first-order chi connectivity index (χ1) is 11.6. The monoisotopic (exact) mass is 340 g/mol. The molecule has 1 atom stereocenters. The molecule has 6 nitrogen and oxygen atoms in total. The van der Waals surface area contributed by atoms with Crippen LogP contribution in [0.3, 0.4) is 0 Å². The fourth-order valence-electron chi connectivity index (χ4n) is 2.85. The number of halogens is 1. The Morgan fingerprint density at radius 1 is 1.46 bits per heavy atom. The van der Waals surface area contributed by atoms with Crippen LogP contribution in [0.5, 0.6) is 0 Å². The standard InChI is InChI=1S/C17H25FN2O4/c1-2-24-17(23)12-6-8-20(9-7-12)15-5-3-4-14(18)16(15)19-10-13(22)11-21/h3-5,12-13,19,21-22H,2,6-11H2,1H3. The van der Waals surface area contributed by atoms with Crippen LogP contribution >= 0.6 is 0 Å². The van der Waals surface area contributed by atoms with E-state index in [1.807, 2.05) is 4.90 Å². The predicted molar refractivity (Wildman–Crippen MR) is 89.6 cm³/mol. The fourth-order valence-corrected chi connectivity index (χ4v) is 2.85. The average Bonchev–Trinajstić information content (AvgIpc) is 2.60. The van der Waals surface area contributed by atoms with Crippen molar-refractivity contribution in [1.82, 2.24) is 0 Å². The largest absolute Gasteiger partial charge is 0.466 e. The highest BCUT2D eigenvalue weighted by atomic mass is 19.1. The SMILES string of the molecule is CCOC(=O)C1CCN(c2cccc(F)c2NCC(O)CO)CC1. The fraction of sp³-hybridized carbons (Fsp3) is 0.588. The van der Waals surface area contributed by atoms with Crippen molar-refractivity contribution < 1.29 is 24.1 Å². The number of esters is 1. The zero-order valence-corrected chi connectivity index (χ0v) is 13.9. The third kappa shape index (κ3) is 4.58. The minimum Gasteiger partial charge on any atom is -0.466 e. The van der Waals surface area contributed by atoms with Crippen LogP contribution in [0.25, 0.3) is 0 Å². The number of nitrogens with zero attached hydrogens (tertiary/aromatic N) is 1. The molecule has 0 saturated carbocycles. The van der Waals surface area contributed by atoms with E-state index in [9.17, 15) is 14.3 Å². The lowest BCUT2D eigenvalue weighted by Crippen LogP contribution is -2.37. The molecular formula is C17H25FN2O4. The summed E-state index contributed by atoms with van der Waals surface area (Å²) in [5, 5.41) is 21.2. The number of ether oxygens (including phenoxy) is 1. The molecule has 0 radical (unpaired) electrons. The van der Waals surface area contributed by atoms with Crippen molar-refractivity contribution in [3.63, 3.8) is 0 Å². The van der Waals surface area contributed by atoms with E-state index < -0.39 is 11.9 Å². The van der Waals surface area contributed by atoms with Gasteiger partial charge in [-0.25, -0.2) is 4.39 Å². The van der Waals surface area contributed by atoms with Gasteiger partial charge in [-0.3, -0.25) is 4.79 Å². The minimum absolute atomic E-state index is 0.0593. The molecule has 1 unspecified atom stereocenters. The van der Waals surface area contributed by atoms with Crippen molar-refractivity contribution >= 4 is 17.3 Å². The van der Waals surface area contributed by atoms with E-state index in [-0.39, 0.29) is 25.0 Å². The van der Waals surface area contributed by atoms with E-state index in [1.165, 1.54) is 6.07 Å². The number of hydrogen-bond acceptors (Lipinski definition) is 6. The summed E-state index contributed by atoms with van der Waals surface area (Å²) in [5.74, 6) is -0.687. The molecule has 7 heteroatoms. The van der Waals surface area contributed by atoms with Gasteiger partial charge in [-0.1, -0.05) is 6.07 Å². The molecule has 1 fully saturated rings. The molecule has 3 N–H and O–H groups in total. The topological polar surface area (TPSA) is 82.0 Å². The molecule has 134 valence electrons. The summed E-state index contributed by atoms with van der Waals surface area (Å²) in [5.41, 5.74) is 1.00. The van der Waals surface area contributed by atoms with Gasteiger partial charge in [0.25, 0.3) is 0 Å². The van der Waals surface area contributed by atoms with Crippen LogP contribution in [0.1, 0.15) is 19.8 Å². The summed E-state index contributed by atoms with van der Waals surface area (Å²) in [6.07, 6.45) is 0.370. The Kier molecular flexibility index (Phi) is 6.81. The molecule has 1 aliphatic heterocycles. The van der Waals surface area contributed by atoms with Crippen molar-refractivity contribution in [3.05, 3.63) is 24.0 Å². The minimum atomic E-state index is -0.952. The van der Waals surface area contributed by atoms with Crippen LogP contribution in [0.2, 0.25) is 0 Å². The van der Waals surface area contributed by atoms with Crippen molar-refractivity contribution in [2.45, 2.75) is 25.9 Å². The first kappa shape index (κ1) is 18.5. The number of benzene rings is 1. The van der Waals surface area contributed by atoms with Gasteiger partial charge in [-0.2, -0.15) is 0 Å². The summed E-state index contributed by atoms with van der Waals surface area (Å²) >= 11 is 0. The molecule has 1 heterocycles. The normalized spacial score (nSPS) is 16.8. The van der Waals surface area contributed by atoms with Gasteiger partial charge in [0.15, 0.2) is 0 Å². The predicted octanol–water partition coefficient (Wildman–Crippen LogP) is 1.37. The van der Waals surface area contributed by atoms with Gasteiger partial charge < -0.3 is 25.2 Å². The van der Waals surface area contributed by atoms with Crippen LogP contribution in [-0.2, 0) is 9.53 Å². The van der Waals surface area contributed by atoms with Gasteiger partial charge in [0, 0.05) is 19.6 Å². The Balaban J connectivity index is 2.04. The Bertz CT molecular complexity index is 547. The van der Waals surface area contributed by atoms with Crippen LogP contribution in [-0.4, -0.2) is 55.1 Å². The van der Waals surface area contributed by atoms with E-state index in [4.69, 9.17) is 9.84 Å². The molecule has 0 aromatic heterocycles. The van der Waals surface area contributed by atoms with Crippen LogP contribution in [0.4, 0.5) is 15.8 Å². The van der Waals surface area contributed by atoms with E-state index in [0.29, 0.717) is 43.9 Å². The first-order valence-electron chi connectivity index (χ1n) is 8.29. The summed E-state index contributed by atoms with van der Waals surface area (Å²) in [7, 11) is 0. The Morgan fingerprint density at radius 2 is 2.17 bits per heavy atom. The average molecular weight is 340 g/mol. The second-order valence-corrected chi connectivity index (χ2v) is 5.86. The zero-order valence-electron chi connectivity index (χ0n) is 13.9. The Labute approximate surface area is 141 Å². The number of carbonyl (C=O) groups excluding carboxylic acids is 1. The van der Waals surface area contributed by atoms with Gasteiger partial charge in [-0.15, -0.1) is 0 Å². The maximum atomic E-state index is 14.2. The number of hydrogen-bond donors (Lipinski definition) is 3. The third-order valence-electron chi connectivity index (χ3n) is 4.17. The molecule has 0 spiro atoms. The highest BCUT2D eigenvalue weighted by Gasteiger charge is 2.27. The Hall–Kier alpha value is -1.86. The molecular weight excluding hydrogens is 315 g/mol.